The first kappa shape index (κ1) is 14.4. The maximum absolute atomic E-state index is 12.6. The lowest BCUT2D eigenvalue weighted by Crippen LogP contribution is -2.48. The topological polar surface area (TPSA) is 72.4 Å². The van der Waals surface area contributed by atoms with E-state index >= 15 is 0 Å². The van der Waals surface area contributed by atoms with Crippen LogP contribution in [0.4, 0.5) is 0 Å². The highest BCUT2D eigenvalue weighted by Crippen LogP contribution is 2.21. The molecule has 1 aromatic rings. The Labute approximate surface area is 118 Å². The van der Waals surface area contributed by atoms with Crippen molar-refractivity contribution in [2.45, 2.75) is 39.2 Å². The quantitative estimate of drug-likeness (QED) is 0.761. The number of ether oxygens (including phenoxy) is 1. The van der Waals surface area contributed by atoms with Crippen molar-refractivity contribution in [2.24, 2.45) is 0 Å². The maximum atomic E-state index is 12.6. The Morgan fingerprint density at radius 3 is 2.75 bits per heavy atom. The van der Waals surface area contributed by atoms with Crippen LogP contribution < -0.4 is 0 Å². The average Bonchev–Trinajstić information content (AvgIpc) is 2.46. The summed E-state index contributed by atoms with van der Waals surface area (Å²) in [4.78, 5) is 34.3. The van der Waals surface area contributed by atoms with Crippen molar-refractivity contribution in [1.29, 1.82) is 0 Å². The molecule has 1 aliphatic heterocycles. The monoisotopic (exact) mass is 277 g/mol. The Morgan fingerprint density at radius 1 is 1.35 bits per heavy atom. The van der Waals surface area contributed by atoms with Crippen LogP contribution >= 0.6 is 0 Å². The number of methoxy groups -OCH3 is 1. The lowest BCUT2D eigenvalue weighted by atomic mass is 10.0. The number of aromatic nitrogens is 2. The van der Waals surface area contributed by atoms with Gasteiger partial charge in [-0.3, -0.25) is 4.79 Å². The number of hydrogen-bond donors (Lipinski definition) is 0. The minimum absolute atomic E-state index is 0.197. The number of carbonyl (C=O) groups excluding carboxylic acids is 2. The van der Waals surface area contributed by atoms with E-state index < -0.39 is 6.04 Å². The molecule has 0 bridgehead atoms. The number of hydrogen-bond acceptors (Lipinski definition) is 5. The first-order chi connectivity index (χ1) is 9.54. The Balaban J connectivity index is 2.27. The van der Waals surface area contributed by atoms with Crippen LogP contribution in [0.15, 0.2) is 6.20 Å². The molecule has 1 atom stereocenters. The first-order valence-electron chi connectivity index (χ1n) is 6.73. The molecular formula is C14H19N3O3. The largest absolute Gasteiger partial charge is 0.467 e. The number of rotatable bonds is 2. The molecule has 0 saturated carbocycles. The Hall–Kier alpha value is -1.98. The van der Waals surface area contributed by atoms with Crippen molar-refractivity contribution >= 4 is 11.9 Å². The van der Waals surface area contributed by atoms with Crippen LogP contribution in [0.2, 0.25) is 0 Å². The summed E-state index contributed by atoms with van der Waals surface area (Å²) in [7, 11) is 1.35. The molecule has 0 radical (unpaired) electrons. The van der Waals surface area contributed by atoms with E-state index in [0.29, 0.717) is 30.0 Å². The molecule has 2 heterocycles. The van der Waals surface area contributed by atoms with Gasteiger partial charge in [-0.05, 0) is 33.1 Å². The molecule has 0 aromatic carbocycles. The normalized spacial score (nSPS) is 18.8. The fraction of sp³-hybridized carbons (Fsp3) is 0.571. The third-order valence-electron chi connectivity index (χ3n) is 3.57. The minimum Gasteiger partial charge on any atom is -0.467 e. The molecule has 6 nitrogen and oxygen atoms in total. The second-order valence-electron chi connectivity index (χ2n) is 4.95. The van der Waals surface area contributed by atoms with E-state index in [0.717, 1.165) is 12.8 Å². The van der Waals surface area contributed by atoms with Crippen LogP contribution in [0.5, 0.6) is 0 Å². The number of piperidine rings is 1. The van der Waals surface area contributed by atoms with Gasteiger partial charge in [0.15, 0.2) is 0 Å². The zero-order valence-electron chi connectivity index (χ0n) is 12.0. The van der Waals surface area contributed by atoms with Gasteiger partial charge in [0.2, 0.25) is 0 Å². The van der Waals surface area contributed by atoms with Crippen molar-refractivity contribution in [1.82, 2.24) is 14.9 Å². The van der Waals surface area contributed by atoms with E-state index in [-0.39, 0.29) is 11.9 Å². The van der Waals surface area contributed by atoms with Crippen molar-refractivity contribution in [3.8, 4) is 0 Å². The second kappa shape index (κ2) is 5.98. The van der Waals surface area contributed by atoms with Crippen LogP contribution in [0, 0.1) is 13.8 Å². The van der Waals surface area contributed by atoms with Gasteiger partial charge in [0.1, 0.15) is 11.9 Å². The molecule has 1 amide bonds. The molecule has 0 N–H and O–H groups in total. The van der Waals surface area contributed by atoms with E-state index in [9.17, 15) is 9.59 Å². The summed E-state index contributed by atoms with van der Waals surface area (Å²) >= 11 is 0. The van der Waals surface area contributed by atoms with E-state index in [1.54, 1.807) is 18.7 Å². The minimum atomic E-state index is -0.498. The molecule has 6 heteroatoms. The smallest absolute Gasteiger partial charge is 0.328 e. The van der Waals surface area contributed by atoms with Crippen LogP contribution in [-0.4, -0.2) is 46.4 Å². The third kappa shape index (κ3) is 2.79. The van der Waals surface area contributed by atoms with Crippen LogP contribution in [0.3, 0.4) is 0 Å². The SMILES string of the molecule is COC(=O)[C@@H]1CCCCN1C(=O)c1cnc(C)nc1C. The lowest BCUT2D eigenvalue weighted by Gasteiger charge is -2.33. The predicted molar refractivity (Wildman–Crippen MR) is 72.2 cm³/mol. The summed E-state index contributed by atoms with van der Waals surface area (Å²) in [5.41, 5.74) is 1.09. The zero-order chi connectivity index (χ0) is 14.7. The summed E-state index contributed by atoms with van der Waals surface area (Å²) in [5, 5.41) is 0. The highest BCUT2D eigenvalue weighted by Gasteiger charge is 2.34. The molecule has 0 spiro atoms. The molecule has 20 heavy (non-hydrogen) atoms. The second-order valence-corrected chi connectivity index (χ2v) is 4.95. The van der Waals surface area contributed by atoms with Gasteiger partial charge in [-0.15, -0.1) is 0 Å². The van der Waals surface area contributed by atoms with Crippen LogP contribution in [0.1, 0.15) is 41.1 Å². The number of esters is 1. The zero-order valence-corrected chi connectivity index (χ0v) is 12.0. The predicted octanol–water partition coefficient (Wildman–Crippen LogP) is 1.26. The summed E-state index contributed by atoms with van der Waals surface area (Å²) < 4.78 is 4.79. The summed E-state index contributed by atoms with van der Waals surface area (Å²) in [5.74, 6) is 0.0727. The van der Waals surface area contributed by atoms with Gasteiger partial charge in [-0.25, -0.2) is 14.8 Å². The highest BCUT2D eigenvalue weighted by molar-refractivity contribution is 5.97. The molecule has 1 aromatic heterocycles. The van der Waals surface area contributed by atoms with Crippen molar-refractivity contribution in [2.75, 3.05) is 13.7 Å². The van der Waals surface area contributed by atoms with Gasteiger partial charge in [0, 0.05) is 12.7 Å². The Bertz CT molecular complexity index is 530. The molecule has 1 fully saturated rings. The van der Waals surface area contributed by atoms with Gasteiger partial charge in [0.25, 0.3) is 5.91 Å². The third-order valence-corrected chi connectivity index (χ3v) is 3.57. The van der Waals surface area contributed by atoms with Gasteiger partial charge >= 0.3 is 5.97 Å². The standard InChI is InChI=1S/C14H19N3O3/c1-9-11(8-15-10(2)16-9)13(18)17-7-5-4-6-12(17)14(19)20-3/h8,12H,4-7H2,1-3H3/t12-/m0/s1. The van der Waals surface area contributed by atoms with E-state index in [1.807, 2.05) is 0 Å². The van der Waals surface area contributed by atoms with Crippen molar-refractivity contribution in [3.05, 3.63) is 23.3 Å². The molecule has 0 unspecified atom stereocenters. The van der Waals surface area contributed by atoms with Gasteiger partial charge in [-0.1, -0.05) is 0 Å². The number of nitrogens with zero attached hydrogens (tertiary/aromatic N) is 3. The van der Waals surface area contributed by atoms with E-state index in [1.165, 1.54) is 13.3 Å². The fourth-order valence-electron chi connectivity index (χ4n) is 2.50. The molecule has 2 rings (SSSR count). The average molecular weight is 277 g/mol. The van der Waals surface area contributed by atoms with E-state index in [4.69, 9.17) is 4.74 Å². The van der Waals surface area contributed by atoms with Crippen LogP contribution in [-0.2, 0) is 9.53 Å². The molecular weight excluding hydrogens is 258 g/mol. The molecule has 1 saturated heterocycles. The van der Waals surface area contributed by atoms with Gasteiger partial charge in [-0.2, -0.15) is 0 Å². The first-order valence-corrected chi connectivity index (χ1v) is 6.73. The summed E-state index contributed by atoms with van der Waals surface area (Å²) in [6.45, 7) is 4.12. The van der Waals surface area contributed by atoms with E-state index in [2.05, 4.69) is 9.97 Å². The number of aryl methyl sites for hydroxylation is 2. The summed E-state index contributed by atoms with van der Waals surface area (Å²) in [6, 6.07) is -0.498. The lowest BCUT2D eigenvalue weighted by molar-refractivity contribution is -0.147. The Morgan fingerprint density at radius 2 is 2.10 bits per heavy atom. The highest BCUT2D eigenvalue weighted by atomic mass is 16.5. The summed E-state index contributed by atoms with van der Waals surface area (Å²) in [6.07, 6.45) is 3.99. The maximum Gasteiger partial charge on any atom is 0.328 e. The molecule has 108 valence electrons. The number of amides is 1. The van der Waals surface area contributed by atoms with Crippen molar-refractivity contribution in [3.63, 3.8) is 0 Å². The Kier molecular flexibility index (Phi) is 4.32. The van der Waals surface area contributed by atoms with Gasteiger partial charge in [0.05, 0.1) is 18.4 Å². The van der Waals surface area contributed by atoms with Gasteiger partial charge < -0.3 is 9.64 Å². The fourth-order valence-corrected chi connectivity index (χ4v) is 2.50. The van der Waals surface area contributed by atoms with Crippen LogP contribution in [0.25, 0.3) is 0 Å². The van der Waals surface area contributed by atoms with Crippen molar-refractivity contribution < 1.29 is 14.3 Å². The molecule has 0 aliphatic carbocycles. The number of carbonyl (C=O) groups is 2. The number of likely N-dealkylation sites (tertiary alicyclic amines) is 1. The molecule has 1 aliphatic rings.